The van der Waals surface area contributed by atoms with Crippen LogP contribution in [-0.4, -0.2) is 28.7 Å². The Balaban J connectivity index is 1.77. The Morgan fingerprint density at radius 2 is 1.79 bits per heavy atom. The lowest BCUT2D eigenvalue weighted by atomic mass is 10.2. The molecule has 1 amide bonds. The predicted molar refractivity (Wildman–Crippen MR) is 88.7 cm³/mol. The van der Waals surface area contributed by atoms with E-state index in [1.54, 1.807) is 19.1 Å². The Morgan fingerprint density at radius 1 is 1.12 bits per heavy atom. The van der Waals surface area contributed by atoms with E-state index >= 15 is 0 Å². The zero-order valence-electron chi connectivity index (χ0n) is 12.8. The van der Waals surface area contributed by atoms with Gasteiger partial charge >= 0.3 is 5.97 Å². The number of para-hydroxylation sites is 1. The van der Waals surface area contributed by atoms with E-state index in [0.717, 1.165) is 0 Å². The van der Waals surface area contributed by atoms with Crippen molar-refractivity contribution in [3.05, 3.63) is 60.2 Å². The SMILES string of the molecule is CC1=NN(c2ccccc2)C(=O)C1N=Nc1ccc(C(=O)O)cc1. The van der Waals surface area contributed by atoms with Gasteiger partial charge in [-0.2, -0.15) is 20.3 Å². The molecule has 7 nitrogen and oxygen atoms in total. The highest BCUT2D eigenvalue weighted by Crippen LogP contribution is 2.23. The number of hydrogen-bond donors (Lipinski definition) is 1. The van der Waals surface area contributed by atoms with Crippen LogP contribution in [0.3, 0.4) is 0 Å². The summed E-state index contributed by atoms with van der Waals surface area (Å²) in [5.41, 5.74) is 1.86. The molecule has 0 saturated heterocycles. The number of carboxylic acids is 1. The van der Waals surface area contributed by atoms with Crippen molar-refractivity contribution in [2.75, 3.05) is 5.01 Å². The lowest BCUT2D eigenvalue weighted by Gasteiger charge is -2.11. The van der Waals surface area contributed by atoms with Gasteiger partial charge < -0.3 is 5.11 Å². The first-order chi connectivity index (χ1) is 11.6. The molecule has 0 saturated carbocycles. The van der Waals surface area contributed by atoms with E-state index in [2.05, 4.69) is 15.3 Å². The summed E-state index contributed by atoms with van der Waals surface area (Å²) < 4.78 is 0. The number of hydrogen-bond acceptors (Lipinski definition) is 5. The molecule has 0 aliphatic carbocycles. The average Bonchev–Trinajstić information content (AvgIpc) is 2.88. The standard InChI is InChI=1S/C17H14N4O3/c1-11-15(16(22)21(20-11)14-5-3-2-4-6-14)19-18-13-9-7-12(8-10-13)17(23)24/h2-10,15H,1H3,(H,23,24). The third-order valence-electron chi connectivity index (χ3n) is 3.50. The van der Waals surface area contributed by atoms with Crippen LogP contribution in [0.2, 0.25) is 0 Å². The van der Waals surface area contributed by atoms with Gasteiger partial charge in [0.15, 0.2) is 6.04 Å². The van der Waals surface area contributed by atoms with E-state index in [4.69, 9.17) is 5.11 Å². The van der Waals surface area contributed by atoms with E-state index in [1.165, 1.54) is 29.3 Å². The molecule has 1 aliphatic rings. The molecule has 7 heteroatoms. The molecule has 0 fully saturated rings. The van der Waals surface area contributed by atoms with Gasteiger partial charge in [0.2, 0.25) is 0 Å². The number of azo groups is 1. The van der Waals surface area contributed by atoms with Crippen LogP contribution in [0, 0.1) is 0 Å². The average molecular weight is 322 g/mol. The summed E-state index contributed by atoms with van der Waals surface area (Å²) in [4.78, 5) is 23.3. The number of hydrazone groups is 1. The Kier molecular flexibility index (Phi) is 4.15. The maximum Gasteiger partial charge on any atom is 0.335 e. The fourth-order valence-corrected chi connectivity index (χ4v) is 2.24. The molecule has 120 valence electrons. The number of amides is 1. The molecule has 0 bridgehead atoms. The van der Waals surface area contributed by atoms with Crippen molar-refractivity contribution in [3.8, 4) is 0 Å². The Bertz CT molecular complexity index is 829. The van der Waals surface area contributed by atoms with Crippen molar-refractivity contribution < 1.29 is 14.7 Å². The van der Waals surface area contributed by atoms with E-state index in [0.29, 0.717) is 17.1 Å². The highest BCUT2D eigenvalue weighted by atomic mass is 16.4. The van der Waals surface area contributed by atoms with Crippen molar-refractivity contribution >= 4 is 29.0 Å². The normalized spacial score (nSPS) is 17.4. The van der Waals surface area contributed by atoms with Crippen LogP contribution in [-0.2, 0) is 4.79 Å². The summed E-state index contributed by atoms with van der Waals surface area (Å²) in [5.74, 6) is -1.28. The number of carboxylic acid groups (broad SMARTS) is 1. The van der Waals surface area contributed by atoms with Crippen LogP contribution >= 0.6 is 0 Å². The van der Waals surface area contributed by atoms with Crippen LogP contribution in [0.25, 0.3) is 0 Å². The minimum atomic E-state index is -1.01. The summed E-state index contributed by atoms with van der Waals surface area (Å²) in [6.45, 7) is 1.72. The fraction of sp³-hybridized carbons (Fsp3) is 0.118. The molecule has 0 aromatic heterocycles. The molecular weight excluding hydrogens is 308 g/mol. The number of carbonyl (C=O) groups excluding carboxylic acids is 1. The lowest BCUT2D eigenvalue weighted by molar-refractivity contribution is -0.117. The van der Waals surface area contributed by atoms with Gasteiger partial charge in [0.1, 0.15) is 0 Å². The lowest BCUT2D eigenvalue weighted by Crippen LogP contribution is -2.29. The summed E-state index contributed by atoms with van der Waals surface area (Å²) >= 11 is 0. The monoisotopic (exact) mass is 322 g/mol. The largest absolute Gasteiger partial charge is 0.478 e. The molecule has 3 rings (SSSR count). The molecule has 1 N–H and O–H groups in total. The Hall–Kier alpha value is -3.35. The van der Waals surface area contributed by atoms with Crippen molar-refractivity contribution in [1.29, 1.82) is 0 Å². The van der Waals surface area contributed by atoms with E-state index in [-0.39, 0.29) is 11.5 Å². The van der Waals surface area contributed by atoms with Gasteiger partial charge in [0, 0.05) is 0 Å². The van der Waals surface area contributed by atoms with E-state index in [9.17, 15) is 9.59 Å². The number of benzene rings is 2. The number of anilines is 1. The van der Waals surface area contributed by atoms with Gasteiger partial charge in [0.05, 0.1) is 22.6 Å². The van der Waals surface area contributed by atoms with Crippen LogP contribution in [0.4, 0.5) is 11.4 Å². The second-order valence-electron chi connectivity index (χ2n) is 5.20. The highest BCUT2D eigenvalue weighted by Gasteiger charge is 2.34. The fourth-order valence-electron chi connectivity index (χ4n) is 2.24. The molecule has 2 aromatic carbocycles. The number of rotatable bonds is 4. The molecule has 1 heterocycles. The first-order valence-electron chi connectivity index (χ1n) is 7.24. The smallest absolute Gasteiger partial charge is 0.335 e. The van der Waals surface area contributed by atoms with E-state index < -0.39 is 12.0 Å². The predicted octanol–water partition coefficient (Wildman–Crippen LogP) is 3.26. The minimum Gasteiger partial charge on any atom is -0.478 e. The van der Waals surface area contributed by atoms with Crippen molar-refractivity contribution in [2.24, 2.45) is 15.3 Å². The van der Waals surface area contributed by atoms with Gasteiger partial charge in [0.25, 0.3) is 5.91 Å². The molecule has 1 atom stereocenters. The van der Waals surface area contributed by atoms with Gasteiger partial charge in [-0.25, -0.2) is 4.79 Å². The molecule has 0 radical (unpaired) electrons. The van der Waals surface area contributed by atoms with Crippen LogP contribution in [0.5, 0.6) is 0 Å². The summed E-state index contributed by atoms with van der Waals surface area (Å²) in [7, 11) is 0. The quantitative estimate of drug-likeness (QED) is 0.875. The maximum absolute atomic E-state index is 12.5. The van der Waals surface area contributed by atoms with E-state index in [1.807, 2.05) is 18.2 Å². The molecule has 0 spiro atoms. The van der Waals surface area contributed by atoms with Crippen molar-refractivity contribution in [1.82, 2.24) is 0 Å². The number of aromatic carboxylic acids is 1. The zero-order valence-corrected chi connectivity index (χ0v) is 12.8. The van der Waals surface area contributed by atoms with Gasteiger partial charge in [-0.05, 0) is 43.3 Å². The molecule has 1 aliphatic heterocycles. The maximum atomic E-state index is 12.5. The second kappa shape index (κ2) is 6.41. The van der Waals surface area contributed by atoms with Crippen molar-refractivity contribution in [3.63, 3.8) is 0 Å². The summed E-state index contributed by atoms with van der Waals surface area (Å²) in [6.07, 6.45) is 0. The third kappa shape index (κ3) is 3.05. The second-order valence-corrected chi connectivity index (χ2v) is 5.20. The topological polar surface area (TPSA) is 94.7 Å². The number of carbonyl (C=O) groups is 2. The van der Waals surface area contributed by atoms with Crippen LogP contribution < -0.4 is 5.01 Å². The summed E-state index contributed by atoms with van der Waals surface area (Å²) in [5, 5.41) is 22.5. The van der Waals surface area contributed by atoms with Crippen LogP contribution in [0.15, 0.2) is 69.9 Å². The summed E-state index contributed by atoms with van der Waals surface area (Å²) in [6, 6.07) is 14.3. The van der Waals surface area contributed by atoms with Crippen molar-refractivity contribution in [2.45, 2.75) is 13.0 Å². The molecule has 1 unspecified atom stereocenters. The Morgan fingerprint density at radius 3 is 2.42 bits per heavy atom. The number of nitrogens with zero attached hydrogens (tertiary/aromatic N) is 4. The first kappa shape index (κ1) is 15.5. The third-order valence-corrected chi connectivity index (χ3v) is 3.50. The highest BCUT2D eigenvalue weighted by molar-refractivity contribution is 6.18. The minimum absolute atomic E-state index is 0.166. The van der Waals surface area contributed by atoms with Gasteiger partial charge in [-0.3, -0.25) is 4.79 Å². The molecule has 2 aromatic rings. The van der Waals surface area contributed by atoms with Gasteiger partial charge in [-0.15, -0.1) is 0 Å². The Labute approximate surface area is 137 Å². The first-order valence-corrected chi connectivity index (χ1v) is 7.24. The van der Waals surface area contributed by atoms with Crippen LogP contribution in [0.1, 0.15) is 17.3 Å². The van der Waals surface area contributed by atoms with Gasteiger partial charge in [-0.1, -0.05) is 18.2 Å². The zero-order chi connectivity index (χ0) is 17.1. The molecular formula is C17H14N4O3. The molecule has 24 heavy (non-hydrogen) atoms.